The van der Waals surface area contributed by atoms with Crippen molar-refractivity contribution < 1.29 is 44.6 Å². The Bertz CT molecular complexity index is 1260. The van der Waals surface area contributed by atoms with Crippen LogP contribution in [0.2, 0.25) is 0 Å². The maximum absolute atomic E-state index is 12.9. The van der Waals surface area contributed by atoms with Gasteiger partial charge in [0.2, 0.25) is 0 Å². The SMILES string of the molecule is CC1(C)CC[C@]2(C(=O)O)CC[C@]3(C)C(=CC[C@@H]4[C@@]5(C)CC[C@H](O[C@@H]6O[C@H](C(=O)O)[C@@H](O)[C@H](O)[C@H]6O)C(C)(C)C5CC[C@]43C)[C@@H]2C1. The fourth-order valence-corrected chi connectivity index (χ4v) is 12.2. The minimum absolute atomic E-state index is 0.0000841. The molecule has 6 aliphatic rings. The molecule has 9 nitrogen and oxygen atoms in total. The van der Waals surface area contributed by atoms with Gasteiger partial charge < -0.3 is 35.0 Å². The van der Waals surface area contributed by atoms with Gasteiger partial charge in [-0.1, -0.05) is 60.1 Å². The number of fused-ring (bicyclic) bond motifs is 7. The van der Waals surface area contributed by atoms with Crippen LogP contribution in [0.25, 0.3) is 0 Å². The van der Waals surface area contributed by atoms with Gasteiger partial charge in [0.05, 0.1) is 11.5 Å². The average molecular weight is 633 g/mol. The van der Waals surface area contributed by atoms with E-state index in [2.05, 4.69) is 54.5 Å². The number of rotatable bonds is 4. The molecule has 0 bridgehead atoms. The van der Waals surface area contributed by atoms with E-state index in [0.717, 1.165) is 57.8 Å². The van der Waals surface area contributed by atoms with Crippen molar-refractivity contribution >= 4 is 11.9 Å². The van der Waals surface area contributed by atoms with E-state index in [-0.39, 0.29) is 39.1 Å². The second kappa shape index (κ2) is 10.5. The molecule has 5 N–H and O–H groups in total. The van der Waals surface area contributed by atoms with Crippen molar-refractivity contribution in [2.45, 2.75) is 149 Å². The van der Waals surface area contributed by atoms with Crippen molar-refractivity contribution in [2.75, 3.05) is 0 Å². The Morgan fingerprint density at radius 1 is 0.822 bits per heavy atom. The normalized spacial score (nSPS) is 51.9. The van der Waals surface area contributed by atoms with Gasteiger partial charge in [-0.15, -0.1) is 0 Å². The zero-order valence-corrected chi connectivity index (χ0v) is 28.2. The van der Waals surface area contributed by atoms with E-state index in [0.29, 0.717) is 18.3 Å². The van der Waals surface area contributed by atoms with Crippen LogP contribution in [-0.2, 0) is 19.1 Å². The molecule has 13 atom stereocenters. The lowest BCUT2D eigenvalue weighted by molar-refractivity contribution is -0.324. The molecule has 9 heteroatoms. The highest BCUT2D eigenvalue weighted by atomic mass is 16.7. The average Bonchev–Trinajstić information content (AvgIpc) is 2.94. The van der Waals surface area contributed by atoms with Gasteiger partial charge >= 0.3 is 11.9 Å². The maximum atomic E-state index is 12.9. The Hall–Kier alpha value is -1.52. The molecule has 0 aromatic heterocycles. The molecular formula is C36H56O9. The molecule has 45 heavy (non-hydrogen) atoms. The number of allylic oxidation sites excluding steroid dienone is 2. The van der Waals surface area contributed by atoms with Crippen LogP contribution < -0.4 is 0 Å². The van der Waals surface area contributed by atoms with Crippen molar-refractivity contribution in [3.63, 3.8) is 0 Å². The minimum Gasteiger partial charge on any atom is -0.481 e. The number of carboxylic acids is 2. The number of aliphatic carboxylic acids is 2. The predicted molar refractivity (Wildman–Crippen MR) is 166 cm³/mol. The summed E-state index contributed by atoms with van der Waals surface area (Å²) in [5, 5.41) is 51.4. The topological polar surface area (TPSA) is 154 Å². The van der Waals surface area contributed by atoms with Gasteiger partial charge in [0, 0.05) is 0 Å². The number of ether oxygens (including phenoxy) is 2. The van der Waals surface area contributed by atoms with Crippen molar-refractivity contribution in [3.8, 4) is 0 Å². The summed E-state index contributed by atoms with van der Waals surface area (Å²) in [6.07, 6.45) is 2.94. The summed E-state index contributed by atoms with van der Waals surface area (Å²) < 4.78 is 11.9. The summed E-state index contributed by atoms with van der Waals surface area (Å²) >= 11 is 0. The molecule has 0 amide bonds. The largest absolute Gasteiger partial charge is 0.481 e. The van der Waals surface area contributed by atoms with Crippen LogP contribution in [0.4, 0.5) is 0 Å². The zero-order valence-electron chi connectivity index (χ0n) is 28.2. The van der Waals surface area contributed by atoms with Crippen molar-refractivity contribution in [1.82, 2.24) is 0 Å². The van der Waals surface area contributed by atoms with Crippen LogP contribution in [0.15, 0.2) is 11.6 Å². The highest BCUT2D eigenvalue weighted by molar-refractivity contribution is 5.76. The van der Waals surface area contributed by atoms with Gasteiger partial charge in [0.1, 0.15) is 18.3 Å². The third kappa shape index (κ3) is 4.57. The lowest BCUT2D eigenvalue weighted by Crippen LogP contribution is -2.66. The molecule has 254 valence electrons. The highest BCUT2D eigenvalue weighted by Crippen LogP contribution is 2.76. The van der Waals surface area contributed by atoms with E-state index in [1.807, 2.05) is 0 Å². The molecule has 0 aromatic rings. The highest BCUT2D eigenvalue weighted by Gasteiger charge is 2.69. The molecular weight excluding hydrogens is 576 g/mol. The molecule has 0 spiro atoms. The van der Waals surface area contributed by atoms with Crippen LogP contribution in [0.3, 0.4) is 0 Å². The summed E-state index contributed by atoms with van der Waals surface area (Å²) in [5.41, 5.74) is 0.508. The number of hydrogen-bond acceptors (Lipinski definition) is 7. The van der Waals surface area contributed by atoms with E-state index in [4.69, 9.17) is 9.47 Å². The number of carboxylic acid groups (broad SMARTS) is 2. The first-order valence-electron chi connectivity index (χ1n) is 17.3. The summed E-state index contributed by atoms with van der Waals surface area (Å²) in [6.45, 7) is 16.4. The van der Waals surface area contributed by atoms with Gasteiger partial charge in [-0.3, -0.25) is 4.79 Å². The van der Waals surface area contributed by atoms with E-state index >= 15 is 0 Å². The fraction of sp³-hybridized carbons (Fsp3) is 0.889. The van der Waals surface area contributed by atoms with Gasteiger partial charge in [-0.2, -0.15) is 0 Å². The van der Waals surface area contributed by atoms with Gasteiger partial charge in [0.15, 0.2) is 12.4 Å². The standard InChI is InChI=1S/C36H56O9/c1-31(2)14-16-36(30(42)43)17-15-34(6)19(20(36)18-31)8-9-22-33(5)12-11-23(32(3,4)21(33)10-13-35(22,34)7)44-29-26(39)24(37)25(38)27(45-29)28(40)41/h8,20-27,29,37-39H,9-18H2,1-7H3,(H,40,41)(H,42,43)/t20-,21?,22+,23-,24-,25-,26+,27-,29+,33-,34+,35+,36-/m0/s1. The van der Waals surface area contributed by atoms with E-state index in [9.17, 15) is 35.1 Å². The van der Waals surface area contributed by atoms with Crippen LogP contribution in [-0.4, -0.2) is 74.3 Å². The molecule has 0 aromatic carbocycles. The monoisotopic (exact) mass is 632 g/mol. The third-order valence-electron chi connectivity index (χ3n) is 15.1. The first-order chi connectivity index (χ1) is 20.7. The zero-order chi connectivity index (χ0) is 33.1. The third-order valence-corrected chi connectivity index (χ3v) is 15.1. The van der Waals surface area contributed by atoms with Crippen LogP contribution >= 0.6 is 0 Å². The van der Waals surface area contributed by atoms with Gasteiger partial charge in [-0.05, 0) is 109 Å². The Balaban J connectivity index is 1.29. The molecule has 5 aliphatic carbocycles. The Morgan fingerprint density at radius 3 is 2.13 bits per heavy atom. The smallest absolute Gasteiger partial charge is 0.335 e. The second-order valence-corrected chi connectivity index (χ2v) is 17.9. The van der Waals surface area contributed by atoms with E-state index in [1.54, 1.807) is 0 Å². The summed E-state index contributed by atoms with van der Waals surface area (Å²) in [7, 11) is 0. The molecule has 6 rings (SSSR count). The summed E-state index contributed by atoms with van der Waals surface area (Å²) in [4.78, 5) is 24.6. The maximum Gasteiger partial charge on any atom is 0.335 e. The number of carbonyl (C=O) groups is 2. The van der Waals surface area contributed by atoms with E-state index in [1.165, 1.54) is 5.57 Å². The first kappa shape index (κ1) is 33.4. The van der Waals surface area contributed by atoms with Crippen LogP contribution in [0, 0.1) is 50.2 Å². The fourth-order valence-electron chi connectivity index (χ4n) is 12.2. The molecule has 1 saturated heterocycles. The number of hydrogen-bond donors (Lipinski definition) is 5. The number of aliphatic hydroxyl groups excluding tert-OH is 3. The molecule has 5 fully saturated rings. The Morgan fingerprint density at radius 2 is 1.49 bits per heavy atom. The van der Waals surface area contributed by atoms with Crippen LogP contribution in [0.1, 0.15) is 113 Å². The molecule has 1 heterocycles. The summed E-state index contributed by atoms with van der Waals surface area (Å²) in [5.74, 6) is -1.24. The first-order valence-corrected chi connectivity index (χ1v) is 17.3. The van der Waals surface area contributed by atoms with Crippen molar-refractivity contribution in [1.29, 1.82) is 0 Å². The van der Waals surface area contributed by atoms with Gasteiger partial charge in [0.25, 0.3) is 0 Å². The Labute approximate surface area is 267 Å². The van der Waals surface area contributed by atoms with E-state index < -0.39 is 48.1 Å². The summed E-state index contributed by atoms with van der Waals surface area (Å²) in [6, 6.07) is 0. The molecule has 1 aliphatic heterocycles. The van der Waals surface area contributed by atoms with Crippen LogP contribution in [0.5, 0.6) is 0 Å². The minimum atomic E-state index is -1.75. The number of aliphatic hydroxyl groups is 3. The quantitative estimate of drug-likeness (QED) is 0.209. The Kier molecular flexibility index (Phi) is 7.78. The molecule has 0 radical (unpaired) electrons. The lowest BCUT2D eigenvalue weighted by atomic mass is 9.33. The second-order valence-electron chi connectivity index (χ2n) is 17.9. The molecule has 1 unspecified atom stereocenters. The molecule has 4 saturated carbocycles. The predicted octanol–water partition coefficient (Wildman–Crippen LogP) is 5.15. The lowest BCUT2D eigenvalue weighted by Gasteiger charge is -2.71. The van der Waals surface area contributed by atoms with Gasteiger partial charge in [-0.25, -0.2) is 4.79 Å². The van der Waals surface area contributed by atoms with Crippen molar-refractivity contribution in [2.24, 2.45) is 50.2 Å². The van der Waals surface area contributed by atoms with Crippen molar-refractivity contribution in [3.05, 3.63) is 11.6 Å².